The first-order valence-electron chi connectivity index (χ1n) is 7.36. The highest BCUT2D eigenvalue weighted by atomic mass is 16.5. The molecule has 1 aliphatic rings. The summed E-state index contributed by atoms with van der Waals surface area (Å²) in [5, 5.41) is 0. The Morgan fingerprint density at radius 3 is 2.95 bits per heavy atom. The second-order valence-corrected chi connectivity index (χ2v) is 5.32. The van der Waals surface area contributed by atoms with Gasteiger partial charge in [-0.2, -0.15) is 0 Å². The lowest BCUT2D eigenvalue weighted by molar-refractivity contribution is 0.317. The minimum atomic E-state index is 0.713. The number of imidazole rings is 1. The highest BCUT2D eigenvalue weighted by molar-refractivity contribution is 5.54. The van der Waals surface area contributed by atoms with Gasteiger partial charge in [0, 0.05) is 23.5 Å². The minimum absolute atomic E-state index is 0.713. The van der Waals surface area contributed by atoms with Crippen molar-refractivity contribution >= 4 is 5.69 Å². The Labute approximate surface area is 119 Å². The lowest BCUT2D eigenvalue weighted by Crippen LogP contribution is -2.07. The number of nitrogens with zero attached hydrogens (tertiary/aromatic N) is 2. The molecule has 1 aromatic heterocycles. The van der Waals surface area contributed by atoms with Gasteiger partial charge in [0.2, 0.25) is 0 Å². The maximum Gasteiger partial charge on any atom is 0.123 e. The van der Waals surface area contributed by atoms with Crippen LogP contribution in [0.25, 0.3) is 5.69 Å². The number of anilines is 1. The molecular formula is C16H21N3O. The number of rotatable bonds is 4. The Morgan fingerprint density at radius 1 is 1.25 bits per heavy atom. The van der Waals surface area contributed by atoms with Crippen LogP contribution in [0.2, 0.25) is 0 Å². The van der Waals surface area contributed by atoms with Gasteiger partial charge in [-0.15, -0.1) is 0 Å². The van der Waals surface area contributed by atoms with Gasteiger partial charge < -0.3 is 15.0 Å². The van der Waals surface area contributed by atoms with E-state index in [-0.39, 0.29) is 0 Å². The highest BCUT2D eigenvalue weighted by Crippen LogP contribution is 2.27. The van der Waals surface area contributed by atoms with Gasteiger partial charge in [0.15, 0.2) is 0 Å². The van der Waals surface area contributed by atoms with Crippen molar-refractivity contribution in [2.75, 3.05) is 12.3 Å². The van der Waals surface area contributed by atoms with Crippen LogP contribution in [0.3, 0.4) is 0 Å². The third-order valence-corrected chi connectivity index (χ3v) is 3.69. The van der Waals surface area contributed by atoms with Crippen molar-refractivity contribution in [3.63, 3.8) is 0 Å². The number of benzene rings is 1. The van der Waals surface area contributed by atoms with E-state index in [0.717, 1.165) is 36.4 Å². The smallest absolute Gasteiger partial charge is 0.123 e. The van der Waals surface area contributed by atoms with E-state index in [1.165, 1.54) is 24.2 Å². The van der Waals surface area contributed by atoms with E-state index in [9.17, 15) is 0 Å². The summed E-state index contributed by atoms with van der Waals surface area (Å²) >= 11 is 0. The van der Waals surface area contributed by atoms with Crippen LogP contribution >= 0.6 is 0 Å². The molecule has 0 unspecified atom stereocenters. The maximum absolute atomic E-state index is 6.00. The number of ether oxygens (including phenoxy) is 1. The van der Waals surface area contributed by atoms with Crippen molar-refractivity contribution in [3.8, 4) is 11.4 Å². The Hall–Kier alpha value is -1.97. The van der Waals surface area contributed by atoms with Crippen molar-refractivity contribution in [1.82, 2.24) is 9.55 Å². The van der Waals surface area contributed by atoms with E-state index in [1.54, 1.807) is 0 Å². The number of hydrogen-bond donors (Lipinski definition) is 1. The molecular weight excluding hydrogens is 250 g/mol. The molecule has 4 nitrogen and oxygen atoms in total. The molecule has 0 aliphatic heterocycles. The Kier molecular flexibility index (Phi) is 3.63. The van der Waals surface area contributed by atoms with Crippen molar-refractivity contribution in [1.29, 1.82) is 0 Å². The number of nitrogen functional groups attached to an aromatic ring is 1. The van der Waals surface area contributed by atoms with Crippen molar-refractivity contribution in [2.45, 2.75) is 39.0 Å². The van der Waals surface area contributed by atoms with Crippen LogP contribution in [0.1, 0.15) is 37.6 Å². The Morgan fingerprint density at radius 2 is 2.10 bits per heavy atom. The second-order valence-electron chi connectivity index (χ2n) is 5.32. The molecule has 1 heterocycles. The molecule has 1 aromatic carbocycles. The highest BCUT2D eigenvalue weighted by Gasteiger charge is 2.16. The zero-order valence-corrected chi connectivity index (χ0v) is 11.9. The third kappa shape index (κ3) is 2.50. The van der Waals surface area contributed by atoms with Crippen LogP contribution < -0.4 is 10.5 Å². The van der Waals surface area contributed by atoms with Crippen molar-refractivity contribution in [3.05, 3.63) is 35.9 Å². The summed E-state index contributed by atoms with van der Waals surface area (Å²) in [4.78, 5) is 4.54. The minimum Gasteiger partial charge on any atom is -0.493 e. The molecule has 0 saturated heterocycles. The quantitative estimate of drug-likeness (QED) is 0.869. The van der Waals surface area contributed by atoms with Gasteiger partial charge >= 0.3 is 0 Å². The fraction of sp³-hybridized carbons (Fsp3) is 0.438. The molecule has 0 saturated carbocycles. The molecule has 1 aliphatic carbocycles. The summed E-state index contributed by atoms with van der Waals surface area (Å²) < 4.78 is 7.86. The van der Waals surface area contributed by atoms with Crippen molar-refractivity contribution in [2.24, 2.45) is 0 Å². The summed E-state index contributed by atoms with van der Waals surface area (Å²) in [5.41, 5.74) is 10.3. The number of aromatic nitrogens is 2. The first-order valence-corrected chi connectivity index (χ1v) is 7.36. The SMILES string of the molecule is CCCOc1cc(N)cc(-n2cnc3c2CCCC3)c1. The fourth-order valence-corrected chi connectivity index (χ4v) is 2.74. The summed E-state index contributed by atoms with van der Waals surface area (Å²) in [5.74, 6) is 0.833. The van der Waals surface area contributed by atoms with Gasteiger partial charge in [-0.3, -0.25) is 0 Å². The van der Waals surface area contributed by atoms with Crippen molar-refractivity contribution < 1.29 is 4.74 Å². The van der Waals surface area contributed by atoms with E-state index in [2.05, 4.69) is 16.5 Å². The molecule has 4 heteroatoms. The monoisotopic (exact) mass is 271 g/mol. The molecule has 3 rings (SSSR count). The molecule has 0 spiro atoms. The topological polar surface area (TPSA) is 53.1 Å². The maximum atomic E-state index is 6.00. The number of fused-ring (bicyclic) bond motifs is 1. The standard InChI is InChI=1S/C16H21N3O/c1-2-7-20-14-9-12(17)8-13(10-14)19-11-18-15-5-3-4-6-16(15)19/h8-11H,2-7,17H2,1H3. The summed E-state index contributed by atoms with van der Waals surface area (Å²) in [6, 6.07) is 5.90. The average molecular weight is 271 g/mol. The second kappa shape index (κ2) is 5.57. The molecule has 0 bridgehead atoms. The van der Waals surface area contributed by atoms with Crippen LogP contribution in [-0.4, -0.2) is 16.2 Å². The fourth-order valence-electron chi connectivity index (χ4n) is 2.74. The van der Waals surface area contributed by atoms with E-state index >= 15 is 0 Å². The normalized spacial score (nSPS) is 14.1. The molecule has 20 heavy (non-hydrogen) atoms. The molecule has 0 radical (unpaired) electrons. The molecule has 2 aromatic rings. The number of aryl methyl sites for hydroxylation is 1. The van der Waals surface area contributed by atoms with E-state index in [1.807, 2.05) is 24.5 Å². The molecule has 0 fully saturated rings. The zero-order chi connectivity index (χ0) is 13.9. The predicted molar refractivity (Wildman–Crippen MR) is 80.4 cm³/mol. The van der Waals surface area contributed by atoms with Crippen LogP contribution in [0.5, 0.6) is 5.75 Å². The summed E-state index contributed by atoms with van der Waals surface area (Å²) in [6.07, 6.45) is 7.56. The van der Waals surface area contributed by atoms with E-state index < -0.39 is 0 Å². The van der Waals surface area contributed by atoms with Gasteiger partial charge in [-0.05, 0) is 38.2 Å². The van der Waals surface area contributed by atoms with E-state index in [4.69, 9.17) is 10.5 Å². The molecule has 106 valence electrons. The first kappa shape index (κ1) is 13.0. The lowest BCUT2D eigenvalue weighted by atomic mass is 10.0. The Bertz CT molecular complexity index is 604. The van der Waals surface area contributed by atoms with Gasteiger partial charge in [0.05, 0.1) is 24.3 Å². The van der Waals surface area contributed by atoms with Gasteiger partial charge in [-0.25, -0.2) is 4.98 Å². The summed E-state index contributed by atoms with van der Waals surface area (Å²) in [7, 11) is 0. The number of hydrogen-bond acceptors (Lipinski definition) is 3. The average Bonchev–Trinajstić information content (AvgIpc) is 2.88. The predicted octanol–water partition coefficient (Wildman–Crippen LogP) is 3.12. The molecule has 2 N–H and O–H groups in total. The van der Waals surface area contributed by atoms with Crippen LogP contribution in [0.15, 0.2) is 24.5 Å². The molecule has 0 atom stereocenters. The number of nitrogens with two attached hydrogens (primary N) is 1. The van der Waals surface area contributed by atoms with Crippen LogP contribution in [0.4, 0.5) is 5.69 Å². The first-order chi connectivity index (χ1) is 9.78. The molecule has 0 amide bonds. The van der Waals surface area contributed by atoms with Gasteiger partial charge in [0.25, 0.3) is 0 Å². The van der Waals surface area contributed by atoms with E-state index in [0.29, 0.717) is 6.61 Å². The van der Waals surface area contributed by atoms with Gasteiger partial charge in [0.1, 0.15) is 5.75 Å². The van der Waals surface area contributed by atoms with Crippen LogP contribution in [-0.2, 0) is 12.8 Å². The van der Waals surface area contributed by atoms with Gasteiger partial charge in [-0.1, -0.05) is 6.92 Å². The zero-order valence-electron chi connectivity index (χ0n) is 11.9. The largest absolute Gasteiger partial charge is 0.493 e. The van der Waals surface area contributed by atoms with Crippen LogP contribution in [0, 0.1) is 0 Å². The third-order valence-electron chi connectivity index (χ3n) is 3.69. The Balaban J connectivity index is 1.97. The summed E-state index contributed by atoms with van der Waals surface area (Å²) in [6.45, 7) is 2.81. The lowest BCUT2D eigenvalue weighted by Gasteiger charge is -2.15.